The highest BCUT2D eigenvalue weighted by molar-refractivity contribution is 6.02. The van der Waals surface area contributed by atoms with E-state index in [9.17, 15) is 9.59 Å². The van der Waals surface area contributed by atoms with Gasteiger partial charge in [0.25, 0.3) is 0 Å². The molecule has 0 saturated heterocycles. The van der Waals surface area contributed by atoms with Gasteiger partial charge in [-0.15, -0.1) is 0 Å². The Balaban J connectivity index is 1.68. The second-order valence-corrected chi connectivity index (χ2v) is 5.54. The standard InChI is InChI=1S/C18H18N2O3/c1-12-3-5-16(23-12)6-8-18(22)19-15-4-7-17-14(11-15)9-10-20(17)13(2)21/h3-8,11H,9-10H2,1-2H3,(H,19,22)/b8-6+. The Labute approximate surface area is 134 Å². The van der Waals surface area contributed by atoms with E-state index < -0.39 is 0 Å². The molecule has 0 radical (unpaired) electrons. The van der Waals surface area contributed by atoms with Crippen molar-refractivity contribution >= 4 is 29.3 Å². The number of benzene rings is 1. The predicted octanol–water partition coefficient (Wildman–Crippen LogP) is 3.15. The zero-order valence-electron chi connectivity index (χ0n) is 13.1. The van der Waals surface area contributed by atoms with Gasteiger partial charge >= 0.3 is 0 Å². The quantitative estimate of drug-likeness (QED) is 0.886. The summed E-state index contributed by atoms with van der Waals surface area (Å²) >= 11 is 0. The number of hydrogen-bond acceptors (Lipinski definition) is 3. The number of nitrogens with zero attached hydrogens (tertiary/aromatic N) is 1. The number of rotatable bonds is 3. The molecule has 5 heteroatoms. The molecule has 1 aliphatic rings. The smallest absolute Gasteiger partial charge is 0.248 e. The Morgan fingerprint density at radius 2 is 2.09 bits per heavy atom. The first kappa shape index (κ1) is 15.1. The second kappa shape index (κ2) is 6.12. The molecular formula is C18H18N2O3. The van der Waals surface area contributed by atoms with Gasteiger partial charge in [0.15, 0.2) is 0 Å². The number of fused-ring (bicyclic) bond motifs is 1. The minimum atomic E-state index is -0.222. The molecule has 0 saturated carbocycles. The fourth-order valence-electron chi connectivity index (χ4n) is 2.69. The number of amides is 2. The van der Waals surface area contributed by atoms with Gasteiger partial charge in [-0.2, -0.15) is 0 Å². The number of anilines is 2. The summed E-state index contributed by atoms with van der Waals surface area (Å²) in [5.74, 6) is 1.26. The van der Waals surface area contributed by atoms with E-state index in [0.29, 0.717) is 12.3 Å². The fourth-order valence-corrected chi connectivity index (χ4v) is 2.69. The van der Waals surface area contributed by atoms with E-state index in [4.69, 9.17) is 4.42 Å². The summed E-state index contributed by atoms with van der Waals surface area (Å²) in [6.45, 7) is 4.11. The molecule has 0 fully saturated rings. The molecule has 1 N–H and O–H groups in total. The number of carbonyl (C=O) groups is 2. The van der Waals surface area contributed by atoms with E-state index in [1.54, 1.807) is 17.9 Å². The van der Waals surface area contributed by atoms with Crippen LogP contribution in [-0.4, -0.2) is 18.4 Å². The third-order valence-electron chi connectivity index (χ3n) is 3.78. The molecule has 23 heavy (non-hydrogen) atoms. The van der Waals surface area contributed by atoms with Crippen molar-refractivity contribution in [3.8, 4) is 0 Å². The van der Waals surface area contributed by atoms with Crippen LogP contribution < -0.4 is 10.2 Å². The van der Waals surface area contributed by atoms with Gasteiger partial charge in [0.1, 0.15) is 11.5 Å². The van der Waals surface area contributed by atoms with Gasteiger partial charge in [0, 0.05) is 30.9 Å². The fraction of sp³-hybridized carbons (Fsp3) is 0.222. The van der Waals surface area contributed by atoms with Crippen molar-refractivity contribution in [1.29, 1.82) is 0 Å². The number of aryl methyl sites for hydroxylation is 1. The molecule has 2 heterocycles. The number of furan rings is 1. The highest BCUT2D eigenvalue weighted by Crippen LogP contribution is 2.30. The maximum absolute atomic E-state index is 12.0. The Bertz CT molecular complexity index is 789. The van der Waals surface area contributed by atoms with Crippen molar-refractivity contribution < 1.29 is 14.0 Å². The first-order chi connectivity index (χ1) is 11.0. The van der Waals surface area contributed by atoms with Crippen LogP contribution in [0.25, 0.3) is 6.08 Å². The Morgan fingerprint density at radius 3 is 2.78 bits per heavy atom. The average Bonchev–Trinajstić information content (AvgIpc) is 3.10. The monoisotopic (exact) mass is 310 g/mol. The molecule has 2 amide bonds. The first-order valence-corrected chi connectivity index (χ1v) is 7.49. The summed E-state index contributed by atoms with van der Waals surface area (Å²) < 4.78 is 5.37. The van der Waals surface area contributed by atoms with Gasteiger partial charge in [-0.05, 0) is 55.3 Å². The molecule has 0 aliphatic carbocycles. The summed E-state index contributed by atoms with van der Waals surface area (Å²) in [5, 5.41) is 2.82. The van der Waals surface area contributed by atoms with Crippen molar-refractivity contribution in [3.05, 3.63) is 53.5 Å². The van der Waals surface area contributed by atoms with E-state index in [1.165, 1.54) is 6.08 Å². The molecule has 1 aromatic carbocycles. The van der Waals surface area contributed by atoms with Crippen LogP contribution in [0.4, 0.5) is 11.4 Å². The van der Waals surface area contributed by atoms with Crippen LogP contribution in [0.15, 0.2) is 40.8 Å². The molecule has 1 aromatic heterocycles. The maximum Gasteiger partial charge on any atom is 0.248 e. The van der Waals surface area contributed by atoms with Crippen molar-refractivity contribution in [2.45, 2.75) is 20.3 Å². The molecule has 0 bridgehead atoms. The van der Waals surface area contributed by atoms with Crippen LogP contribution in [-0.2, 0) is 16.0 Å². The van der Waals surface area contributed by atoms with Gasteiger partial charge in [-0.1, -0.05) is 0 Å². The van der Waals surface area contributed by atoms with E-state index in [2.05, 4.69) is 5.32 Å². The SMILES string of the molecule is CC(=O)N1CCc2cc(NC(=O)/C=C/c3ccc(C)o3)ccc21. The molecular weight excluding hydrogens is 292 g/mol. The molecule has 1 aliphatic heterocycles. The maximum atomic E-state index is 12.0. The summed E-state index contributed by atoms with van der Waals surface area (Å²) in [6.07, 6.45) is 3.88. The predicted molar refractivity (Wildman–Crippen MR) is 89.3 cm³/mol. The summed E-state index contributed by atoms with van der Waals surface area (Å²) in [5.41, 5.74) is 2.72. The van der Waals surface area contributed by atoms with Crippen LogP contribution >= 0.6 is 0 Å². The zero-order valence-corrected chi connectivity index (χ0v) is 13.1. The molecule has 3 rings (SSSR count). The number of hydrogen-bond donors (Lipinski definition) is 1. The third-order valence-corrected chi connectivity index (χ3v) is 3.78. The Kier molecular flexibility index (Phi) is 4.02. The second-order valence-electron chi connectivity index (χ2n) is 5.54. The van der Waals surface area contributed by atoms with Crippen molar-refractivity contribution in [3.63, 3.8) is 0 Å². The summed E-state index contributed by atoms with van der Waals surface area (Å²) in [6, 6.07) is 9.26. The minimum absolute atomic E-state index is 0.0391. The van der Waals surface area contributed by atoms with E-state index in [1.807, 2.05) is 37.3 Å². The highest BCUT2D eigenvalue weighted by Gasteiger charge is 2.22. The normalized spacial score (nSPS) is 13.4. The van der Waals surface area contributed by atoms with Crippen LogP contribution in [0.5, 0.6) is 0 Å². The van der Waals surface area contributed by atoms with Crippen molar-refractivity contribution in [2.24, 2.45) is 0 Å². The lowest BCUT2D eigenvalue weighted by Crippen LogP contribution is -2.25. The van der Waals surface area contributed by atoms with Crippen LogP contribution in [0.2, 0.25) is 0 Å². The molecule has 0 atom stereocenters. The summed E-state index contributed by atoms with van der Waals surface area (Å²) in [7, 11) is 0. The Hall–Kier alpha value is -2.82. The van der Waals surface area contributed by atoms with Crippen molar-refractivity contribution in [1.82, 2.24) is 0 Å². The Morgan fingerprint density at radius 1 is 1.26 bits per heavy atom. The van der Waals surface area contributed by atoms with Gasteiger partial charge in [0.05, 0.1) is 0 Å². The van der Waals surface area contributed by atoms with Gasteiger partial charge < -0.3 is 14.6 Å². The minimum Gasteiger partial charge on any atom is -0.462 e. The van der Waals surface area contributed by atoms with E-state index >= 15 is 0 Å². The molecule has 118 valence electrons. The molecule has 0 spiro atoms. The molecule has 0 unspecified atom stereocenters. The lowest BCUT2D eigenvalue weighted by molar-refractivity contribution is -0.116. The highest BCUT2D eigenvalue weighted by atomic mass is 16.3. The molecule has 2 aromatic rings. The number of nitrogens with one attached hydrogen (secondary N) is 1. The first-order valence-electron chi connectivity index (χ1n) is 7.49. The van der Waals surface area contributed by atoms with Gasteiger partial charge in [-0.3, -0.25) is 9.59 Å². The molecule has 5 nitrogen and oxygen atoms in total. The largest absolute Gasteiger partial charge is 0.462 e. The third kappa shape index (κ3) is 3.34. The van der Waals surface area contributed by atoms with Crippen molar-refractivity contribution in [2.75, 3.05) is 16.8 Å². The lowest BCUT2D eigenvalue weighted by atomic mass is 10.1. The van der Waals surface area contributed by atoms with E-state index in [0.717, 1.165) is 29.1 Å². The lowest BCUT2D eigenvalue weighted by Gasteiger charge is -2.14. The average molecular weight is 310 g/mol. The van der Waals surface area contributed by atoms with Gasteiger partial charge in [0.2, 0.25) is 11.8 Å². The van der Waals surface area contributed by atoms with Crippen LogP contribution in [0.1, 0.15) is 24.0 Å². The van der Waals surface area contributed by atoms with Crippen LogP contribution in [0, 0.1) is 6.92 Å². The van der Waals surface area contributed by atoms with E-state index in [-0.39, 0.29) is 11.8 Å². The van der Waals surface area contributed by atoms with Gasteiger partial charge in [-0.25, -0.2) is 0 Å². The van der Waals surface area contributed by atoms with Crippen LogP contribution in [0.3, 0.4) is 0 Å². The summed E-state index contributed by atoms with van der Waals surface area (Å²) in [4.78, 5) is 25.2. The topological polar surface area (TPSA) is 62.6 Å². The zero-order chi connectivity index (χ0) is 16.4. The number of carbonyl (C=O) groups excluding carboxylic acids is 2.